The number of H-pyrrole nitrogens is 1. The second-order valence-electron chi connectivity index (χ2n) is 5.02. The van der Waals surface area contributed by atoms with Gasteiger partial charge in [0.1, 0.15) is 5.84 Å². The molecule has 0 spiro atoms. The number of aromatic amines is 1. The van der Waals surface area contributed by atoms with Gasteiger partial charge in [-0.1, -0.05) is 12.1 Å². The van der Waals surface area contributed by atoms with Crippen molar-refractivity contribution in [3.8, 4) is 10.4 Å². The smallest absolute Gasteiger partial charge is 0.130 e. The van der Waals surface area contributed by atoms with Crippen molar-refractivity contribution < 1.29 is 0 Å². The number of fused-ring (bicyclic) bond motifs is 1. The number of hydrogen-bond acceptors (Lipinski definition) is 3. The average Bonchev–Trinajstić information content (AvgIpc) is 3.17. The standard InChI is InChI=1S/C16H15N3S.ClH/c1-10-15(16-17-6-7-18-16)12-9-11(4-5-13(12)19-10)14-3-2-8-20-14;/h2-5,8-9,19H,6-7H2,1H3,(H,17,18);1H. The second kappa shape index (κ2) is 5.54. The molecule has 3 heterocycles. The summed E-state index contributed by atoms with van der Waals surface area (Å²) < 4.78 is 0. The SMILES string of the molecule is Cc1[nH]c2ccc(-c3cccs3)cc2c1C1=NCCN1.Cl. The van der Waals surface area contributed by atoms with Crippen LogP contribution in [0.4, 0.5) is 0 Å². The minimum absolute atomic E-state index is 0. The molecule has 0 saturated heterocycles. The predicted molar refractivity (Wildman–Crippen MR) is 93.0 cm³/mol. The number of amidine groups is 1. The maximum Gasteiger partial charge on any atom is 0.130 e. The number of aryl methyl sites for hydroxylation is 1. The van der Waals surface area contributed by atoms with Gasteiger partial charge in [0.2, 0.25) is 0 Å². The molecule has 4 rings (SSSR count). The number of benzene rings is 1. The van der Waals surface area contributed by atoms with Gasteiger partial charge in [-0.15, -0.1) is 23.7 Å². The van der Waals surface area contributed by atoms with Crippen molar-refractivity contribution in [1.82, 2.24) is 10.3 Å². The molecule has 108 valence electrons. The van der Waals surface area contributed by atoms with E-state index in [-0.39, 0.29) is 12.4 Å². The topological polar surface area (TPSA) is 40.2 Å². The Labute approximate surface area is 133 Å². The number of aromatic nitrogens is 1. The summed E-state index contributed by atoms with van der Waals surface area (Å²) in [6.45, 7) is 3.92. The van der Waals surface area contributed by atoms with E-state index in [0.717, 1.165) is 18.9 Å². The molecule has 0 unspecified atom stereocenters. The van der Waals surface area contributed by atoms with E-state index in [4.69, 9.17) is 0 Å². The monoisotopic (exact) mass is 317 g/mol. The lowest BCUT2D eigenvalue weighted by molar-refractivity contribution is 0.960. The van der Waals surface area contributed by atoms with E-state index in [1.807, 2.05) is 0 Å². The fourth-order valence-electron chi connectivity index (χ4n) is 2.79. The molecule has 0 saturated carbocycles. The number of rotatable bonds is 2. The first kappa shape index (κ1) is 14.2. The zero-order chi connectivity index (χ0) is 13.5. The van der Waals surface area contributed by atoms with Gasteiger partial charge in [0.15, 0.2) is 0 Å². The third kappa shape index (κ3) is 2.34. The van der Waals surface area contributed by atoms with E-state index in [2.05, 4.69) is 57.9 Å². The third-order valence-corrected chi connectivity index (χ3v) is 4.62. The first-order valence-electron chi connectivity index (χ1n) is 6.78. The second-order valence-corrected chi connectivity index (χ2v) is 5.97. The first-order valence-corrected chi connectivity index (χ1v) is 7.66. The molecule has 3 aromatic rings. The lowest BCUT2D eigenvalue weighted by Gasteiger charge is -2.03. The molecule has 0 amide bonds. The number of hydrogen-bond donors (Lipinski definition) is 2. The van der Waals surface area contributed by atoms with Crippen molar-refractivity contribution in [3.63, 3.8) is 0 Å². The molecule has 5 heteroatoms. The highest BCUT2D eigenvalue weighted by Crippen LogP contribution is 2.30. The average molecular weight is 318 g/mol. The minimum Gasteiger partial charge on any atom is -0.368 e. The van der Waals surface area contributed by atoms with Crippen molar-refractivity contribution in [2.45, 2.75) is 6.92 Å². The molecule has 0 aliphatic carbocycles. The molecular weight excluding hydrogens is 302 g/mol. The number of thiophene rings is 1. The van der Waals surface area contributed by atoms with Crippen LogP contribution in [0.1, 0.15) is 11.3 Å². The molecule has 1 aliphatic heterocycles. The van der Waals surface area contributed by atoms with Crippen molar-refractivity contribution in [3.05, 3.63) is 47.0 Å². The molecule has 3 nitrogen and oxygen atoms in total. The van der Waals surface area contributed by atoms with Gasteiger partial charge in [-0.05, 0) is 36.1 Å². The largest absolute Gasteiger partial charge is 0.368 e. The van der Waals surface area contributed by atoms with Crippen molar-refractivity contribution >= 4 is 40.5 Å². The van der Waals surface area contributed by atoms with Gasteiger partial charge in [0, 0.05) is 33.6 Å². The van der Waals surface area contributed by atoms with Crippen molar-refractivity contribution in [2.24, 2.45) is 4.99 Å². The summed E-state index contributed by atoms with van der Waals surface area (Å²) in [6, 6.07) is 10.9. The van der Waals surface area contributed by atoms with Crippen LogP contribution in [0.5, 0.6) is 0 Å². The Kier molecular flexibility index (Phi) is 3.74. The number of aliphatic imine (C=N–C) groups is 1. The van der Waals surface area contributed by atoms with Gasteiger partial charge in [-0.3, -0.25) is 4.99 Å². The van der Waals surface area contributed by atoms with Gasteiger partial charge in [0.05, 0.1) is 6.54 Å². The number of nitrogens with zero attached hydrogens (tertiary/aromatic N) is 1. The van der Waals surface area contributed by atoms with Gasteiger partial charge in [-0.2, -0.15) is 0 Å². The van der Waals surface area contributed by atoms with Crippen LogP contribution in [0.15, 0.2) is 40.7 Å². The Morgan fingerprint density at radius 1 is 1.24 bits per heavy atom. The number of nitrogens with one attached hydrogen (secondary N) is 2. The van der Waals surface area contributed by atoms with Crippen LogP contribution in [-0.4, -0.2) is 23.9 Å². The highest BCUT2D eigenvalue weighted by Gasteiger charge is 2.17. The normalized spacial score (nSPS) is 13.9. The van der Waals surface area contributed by atoms with E-state index in [1.54, 1.807) is 11.3 Å². The maximum atomic E-state index is 4.57. The Morgan fingerprint density at radius 3 is 2.86 bits per heavy atom. The van der Waals surface area contributed by atoms with E-state index < -0.39 is 0 Å². The molecule has 1 aliphatic rings. The van der Waals surface area contributed by atoms with Crippen LogP contribution in [-0.2, 0) is 0 Å². The van der Waals surface area contributed by atoms with Gasteiger partial charge in [0.25, 0.3) is 0 Å². The molecule has 1 aromatic carbocycles. The summed E-state index contributed by atoms with van der Waals surface area (Å²) in [6.07, 6.45) is 0. The van der Waals surface area contributed by atoms with Crippen LogP contribution >= 0.6 is 23.7 Å². The molecule has 0 radical (unpaired) electrons. The van der Waals surface area contributed by atoms with E-state index in [9.17, 15) is 0 Å². The van der Waals surface area contributed by atoms with Crippen LogP contribution in [0.3, 0.4) is 0 Å². The minimum atomic E-state index is 0. The molecule has 0 atom stereocenters. The molecule has 0 fully saturated rings. The summed E-state index contributed by atoms with van der Waals surface area (Å²) in [5, 5.41) is 6.75. The Hall–Kier alpha value is -1.78. The highest BCUT2D eigenvalue weighted by atomic mass is 35.5. The zero-order valence-electron chi connectivity index (χ0n) is 11.6. The fraction of sp³-hybridized carbons (Fsp3) is 0.188. The van der Waals surface area contributed by atoms with E-state index >= 15 is 0 Å². The van der Waals surface area contributed by atoms with Gasteiger partial charge in [-0.25, -0.2) is 0 Å². The van der Waals surface area contributed by atoms with Gasteiger partial charge < -0.3 is 10.3 Å². The Bertz CT molecular complexity index is 802. The van der Waals surface area contributed by atoms with E-state index in [0.29, 0.717) is 0 Å². The Morgan fingerprint density at radius 2 is 2.14 bits per heavy atom. The molecule has 2 N–H and O–H groups in total. The third-order valence-electron chi connectivity index (χ3n) is 3.70. The first-order chi connectivity index (χ1) is 9.83. The summed E-state index contributed by atoms with van der Waals surface area (Å²) in [5.74, 6) is 1.03. The lowest BCUT2D eigenvalue weighted by atomic mass is 10.1. The number of halogens is 1. The fourth-order valence-corrected chi connectivity index (χ4v) is 3.52. The molecule has 0 bridgehead atoms. The summed E-state index contributed by atoms with van der Waals surface area (Å²) in [5.41, 5.74) is 4.84. The van der Waals surface area contributed by atoms with Crippen LogP contribution in [0.25, 0.3) is 21.3 Å². The lowest BCUT2D eigenvalue weighted by Crippen LogP contribution is -2.19. The summed E-state index contributed by atoms with van der Waals surface area (Å²) in [7, 11) is 0. The van der Waals surface area contributed by atoms with Crippen LogP contribution < -0.4 is 5.32 Å². The van der Waals surface area contributed by atoms with Crippen LogP contribution in [0, 0.1) is 6.92 Å². The molecule has 2 aromatic heterocycles. The quantitative estimate of drug-likeness (QED) is 0.737. The van der Waals surface area contributed by atoms with Crippen molar-refractivity contribution in [1.29, 1.82) is 0 Å². The summed E-state index contributed by atoms with van der Waals surface area (Å²) in [4.78, 5) is 9.33. The highest BCUT2D eigenvalue weighted by molar-refractivity contribution is 7.13. The van der Waals surface area contributed by atoms with Crippen LogP contribution in [0.2, 0.25) is 0 Å². The Balaban J connectivity index is 0.00000132. The summed E-state index contributed by atoms with van der Waals surface area (Å²) >= 11 is 1.77. The molecular formula is C16H16ClN3S. The predicted octanol–water partition coefficient (Wildman–Crippen LogP) is 3.98. The maximum absolute atomic E-state index is 4.57. The van der Waals surface area contributed by atoms with Crippen molar-refractivity contribution in [2.75, 3.05) is 13.1 Å². The van der Waals surface area contributed by atoms with Gasteiger partial charge >= 0.3 is 0 Å². The zero-order valence-corrected chi connectivity index (χ0v) is 13.3. The van der Waals surface area contributed by atoms with E-state index in [1.165, 1.54) is 32.6 Å². The molecule has 21 heavy (non-hydrogen) atoms.